The largest absolute Gasteiger partial charge is 0.460 e. The van der Waals surface area contributed by atoms with Gasteiger partial charge in [-0.2, -0.15) is 0 Å². The number of hydrogen-bond donors (Lipinski definition) is 1. The number of aryl methyl sites for hydroxylation is 1. The van der Waals surface area contributed by atoms with Crippen LogP contribution >= 0.6 is 0 Å². The Labute approximate surface area is 170 Å². The van der Waals surface area contributed by atoms with Crippen LogP contribution in [0.5, 0.6) is 0 Å². The number of furan rings is 1. The minimum absolute atomic E-state index is 0.00913. The molecular weight excluding hydrogens is 376 g/mol. The molecule has 7 nitrogen and oxygen atoms in total. The van der Waals surface area contributed by atoms with Crippen molar-refractivity contribution in [3.05, 3.63) is 34.8 Å². The van der Waals surface area contributed by atoms with Crippen molar-refractivity contribution in [3.63, 3.8) is 0 Å². The van der Waals surface area contributed by atoms with E-state index in [1.54, 1.807) is 40.7 Å². The van der Waals surface area contributed by atoms with Crippen molar-refractivity contribution in [1.29, 1.82) is 0 Å². The van der Waals surface area contributed by atoms with Gasteiger partial charge in [0.15, 0.2) is 11.4 Å². The maximum Gasteiger partial charge on any atom is 0.334 e. The second-order valence-corrected chi connectivity index (χ2v) is 8.50. The number of hydrogen-bond acceptors (Lipinski definition) is 7. The Morgan fingerprint density at radius 1 is 1.28 bits per heavy atom. The minimum Gasteiger partial charge on any atom is -0.460 e. The summed E-state index contributed by atoms with van der Waals surface area (Å²) < 4.78 is 17.1. The summed E-state index contributed by atoms with van der Waals surface area (Å²) >= 11 is 0. The summed E-state index contributed by atoms with van der Waals surface area (Å²) in [7, 11) is 0. The molecule has 4 atom stereocenters. The Hall–Kier alpha value is -2.41. The monoisotopic (exact) mass is 404 g/mol. The van der Waals surface area contributed by atoms with Crippen LogP contribution in [0, 0.1) is 12.3 Å². The molecule has 0 unspecified atom stereocenters. The predicted molar refractivity (Wildman–Crippen MR) is 103 cm³/mol. The van der Waals surface area contributed by atoms with Gasteiger partial charge in [-0.3, -0.25) is 9.59 Å². The Balaban J connectivity index is 2.33. The molecule has 0 bridgehead atoms. The molecule has 29 heavy (non-hydrogen) atoms. The first-order valence-corrected chi connectivity index (χ1v) is 9.81. The highest BCUT2D eigenvalue weighted by Gasteiger charge is 2.74. The van der Waals surface area contributed by atoms with E-state index in [9.17, 15) is 19.5 Å². The van der Waals surface area contributed by atoms with E-state index in [1.165, 1.54) is 13.2 Å². The Kier molecular flexibility index (Phi) is 5.02. The highest BCUT2D eigenvalue weighted by Crippen LogP contribution is 2.64. The second kappa shape index (κ2) is 6.83. The average Bonchev–Trinajstić information content (AvgIpc) is 3.02. The maximum absolute atomic E-state index is 13.6. The summed E-state index contributed by atoms with van der Waals surface area (Å²) in [5.74, 6) is -1.72. The predicted octanol–water partition coefficient (Wildman–Crippen LogP) is 3.58. The zero-order chi connectivity index (χ0) is 21.8. The number of esters is 2. The van der Waals surface area contributed by atoms with Crippen LogP contribution in [0.4, 0.5) is 0 Å². The van der Waals surface area contributed by atoms with Crippen LogP contribution in [0.2, 0.25) is 0 Å². The zero-order valence-electron chi connectivity index (χ0n) is 17.8. The molecule has 1 saturated carbocycles. The molecule has 0 radical (unpaired) electrons. The van der Waals surface area contributed by atoms with Crippen molar-refractivity contribution < 1.29 is 33.4 Å². The van der Waals surface area contributed by atoms with Gasteiger partial charge in [0.25, 0.3) is 0 Å². The quantitative estimate of drug-likeness (QED) is 0.607. The van der Waals surface area contributed by atoms with Crippen LogP contribution in [0.1, 0.15) is 81.7 Å². The fraction of sp³-hybridized carbons (Fsp3) is 0.591. The number of carbonyl (C=O) groups is 3. The van der Waals surface area contributed by atoms with Gasteiger partial charge in [-0.05, 0) is 59.4 Å². The molecule has 0 saturated heterocycles. The van der Waals surface area contributed by atoms with Crippen molar-refractivity contribution in [2.45, 2.75) is 78.1 Å². The number of Topliss-reactive ketones (excluding diaryl/α,β-unsaturated/α-hetero) is 1. The van der Waals surface area contributed by atoms with E-state index >= 15 is 0 Å². The summed E-state index contributed by atoms with van der Waals surface area (Å²) in [6.07, 6.45) is 3.04. The highest BCUT2D eigenvalue weighted by molar-refractivity contribution is 6.05. The third-order valence-electron chi connectivity index (χ3n) is 6.83. The van der Waals surface area contributed by atoms with Gasteiger partial charge in [-0.25, -0.2) is 4.79 Å². The standard InChI is InChI=1S/C22H28O7/c1-7-12(2)19(25)28-18-15-13(3)11-27-16(15)17(24)22(29-14(4)23)10-8-9-20(5,26)21(18,22)6/h7,11,18,26H,8-10H2,1-6H3/b12-7-/t18-,20+,21-,22+/m0/s1. The molecule has 0 amide bonds. The minimum atomic E-state index is -1.70. The summed E-state index contributed by atoms with van der Waals surface area (Å²) in [6, 6.07) is 0. The van der Waals surface area contributed by atoms with Crippen molar-refractivity contribution >= 4 is 17.7 Å². The summed E-state index contributed by atoms with van der Waals surface area (Å²) in [4.78, 5) is 38.4. The Morgan fingerprint density at radius 2 is 1.93 bits per heavy atom. The lowest BCUT2D eigenvalue weighted by molar-refractivity contribution is -0.250. The lowest BCUT2D eigenvalue weighted by Gasteiger charge is -2.60. The van der Waals surface area contributed by atoms with E-state index in [-0.39, 0.29) is 12.2 Å². The van der Waals surface area contributed by atoms with E-state index in [2.05, 4.69) is 0 Å². The molecule has 1 aromatic rings. The number of ketones is 1. The highest BCUT2D eigenvalue weighted by atomic mass is 16.6. The van der Waals surface area contributed by atoms with Gasteiger partial charge in [-0.1, -0.05) is 6.08 Å². The van der Waals surface area contributed by atoms with Gasteiger partial charge in [0.2, 0.25) is 5.78 Å². The van der Waals surface area contributed by atoms with E-state index in [4.69, 9.17) is 13.9 Å². The van der Waals surface area contributed by atoms with Crippen LogP contribution in [0.3, 0.4) is 0 Å². The fourth-order valence-corrected chi connectivity index (χ4v) is 4.85. The third kappa shape index (κ3) is 2.78. The summed E-state index contributed by atoms with van der Waals surface area (Å²) in [5, 5.41) is 11.5. The lowest BCUT2D eigenvalue weighted by Crippen LogP contribution is -2.71. The van der Waals surface area contributed by atoms with Crippen LogP contribution in [0.25, 0.3) is 0 Å². The number of ether oxygens (including phenoxy) is 2. The molecule has 0 spiro atoms. The van der Waals surface area contributed by atoms with Gasteiger partial charge in [0, 0.05) is 18.1 Å². The van der Waals surface area contributed by atoms with Crippen molar-refractivity contribution in [3.8, 4) is 0 Å². The molecule has 158 valence electrons. The molecule has 7 heteroatoms. The molecule has 1 N–H and O–H groups in total. The van der Waals surface area contributed by atoms with Gasteiger partial charge in [0.1, 0.15) is 6.10 Å². The van der Waals surface area contributed by atoms with Crippen LogP contribution in [-0.2, 0) is 19.1 Å². The van der Waals surface area contributed by atoms with Gasteiger partial charge < -0.3 is 19.0 Å². The smallest absolute Gasteiger partial charge is 0.334 e. The maximum atomic E-state index is 13.6. The van der Waals surface area contributed by atoms with E-state index in [0.29, 0.717) is 29.5 Å². The average molecular weight is 404 g/mol. The third-order valence-corrected chi connectivity index (χ3v) is 6.83. The molecule has 2 aliphatic carbocycles. The summed E-state index contributed by atoms with van der Waals surface area (Å²) in [5.41, 5.74) is -3.13. The topological polar surface area (TPSA) is 103 Å². The number of fused-ring (bicyclic) bond motifs is 2. The van der Waals surface area contributed by atoms with E-state index in [1.807, 2.05) is 0 Å². The lowest BCUT2D eigenvalue weighted by atomic mass is 9.49. The molecule has 1 fully saturated rings. The number of carbonyl (C=O) groups excluding carboxylic acids is 3. The molecular formula is C22H28O7. The van der Waals surface area contributed by atoms with Gasteiger partial charge in [-0.15, -0.1) is 0 Å². The van der Waals surface area contributed by atoms with Crippen molar-refractivity contribution in [2.24, 2.45) is 5.41 Å². The van der Waals surface area contributed by atoms with Crippen molar-refractivity contribution in [1.82, 2.24) is 0 Å². The van der Waals surface area contributed by atoms with E-state index in [0.717, 1.165) is 0 Å². The number of aliphatic hydroxyl groups is 1. The van der Waals surface area contributed by atoms with E-state index < -0.39 is 40.4 Å². The first-order chi connectivity index (χ1) is 13.4. The first-order valence-electron chi connectivity index (χ1n) is 9.81. The number of rotatable bonds is 3. The number of allylic oxidation sites excluding steroid dienone is 1. The zero-order valence-corrected chi connectivity index (χ0v) is 17.8. The second-order valence-electron chi connectivity index (χ2n) is 8.50. The Morgan fingerprint density at radius 3 is 2.52 bits per heavy atom. The molecule has 0 aliphatic heterocycles. The SMILES string of the molecule is C/C=C(/C)C(=O)O[C@H]1c2c(C)coc2C(=O)[C@]2(OC(C)=O)CCC[C@@](C)(O)[C@]12C. The first kappa shape index (κ1) is 21.3. The molecule has 0 aromatic carbocycles. The van der Waals surface area contributed by atoms with Crippen LogP contribution in [0.15, 0.2) is 22.3 Å². The van der Waals surface area contributed by atoms with Crippen LogP contribution in [-0.4, -0.2) is 34.0 Å². The molecule has 2 aliphatic rings. The fourth-order valence-electron chi connectivity index (χ4n) is 4.85. The Bertz CT molecular complexity index is 906. The van der Waals surface area contributed by atoms with Crippen molar-refractivity contribution in [2.75, 3.05) is 0 Å². The normalized spacial score (nSPS) is 34.2. The molecule has 1 heterocycles. The van der Waals surface area contributed by atoms with Crippen LogP contribution < -0.4 is 0 Å². The molecule has 1 aromatic heterocycles. The molecule has 3 rings (SSSR count). The van der Waals surface area contributed by atoms with Gasteiger partial charge in [0.05, 0.1) is 17.3 Å². The van der Waals surface area contributed by atoms with Gasteiger partial charge >= 0.3 is 11.9 Å². The summed E-state index contributed by atoms with van der Waals surface area (Å²) in [6.45, 7) is 9.57.